The van der Waals surface area contributed by atoms with Crippen LogP contribution in [-0.2, 0) is 0 Å². The Labute approximate surface area is 136 Å². The van der Waals surface area contributed by atoms with Crippen LogP contribution in [0.15, 0.2) is 30.3 Å². The average molecular weight is 350 g/mol. The molecule has 0 aliphatic rings. The molecule has 0 spiro atoms. The molecule has 2 rings (SSSR count). The number of hydrogen-bond acceptors (Lipinski definition) is 9. The third kappa shape index (κ3) is 3.00. The maximum atomic E-state index is 11.2. The minimum atomic E-state index is -1.35. The molecule has 0 aliphatic carbocycles. The zero-order valence-corrected chi connectivity index (χ0v) is 11.9. The highest BCUT2D eigenvalue weighted by molar-refractivity contribution is 5.88. The molecule has 0 saturated heterocycles. The van der Waals surface area contributed by atoms with Crippen LogP contribution in [0, 0.1) is 40.5 Å². The number of phenolic OH excluding ortho intramolecular Hbond substituents is 1. The fourth-order valence-corrected chi connectivity index (χ4v) is 2.13. The van der Waals surface area contributed by atoms with Gasteiger partial charge in [-0.15, -0.1) is 0 Å². The number of rotatable bonds is 5. The van der Waals surface area contributed by atoms with Gasteiger partial charge in [0.15, 0.2) is 0 Å². The van der Waals surface area contributed by atoms with Gasteiger partial charge >= 0.3 is 11.4 Å². The molecule has 0 bridgehead atoms. The highest BCUT2D eigenvalue weighted by Crippen LogP contribution is 2.48. The molecule has 0 heterocycles. The summed E-state index contributed by atoms with van der Waals surface area (Å²) in [5.41, 5.74) is -4.72. The van der Waals surface area contributed by atoms with E-state index in [2.05, 4.69) is 0 Å². The smallest absolute Gasteiger partial charge is 0.332 e. The first-order valence-corrected chi connectivity index (χ1v) is 6.23. The van der Waals surface area contributed by atoms with Gasteiger partial charge in [0.1, 0.15) is 5.56 Å². The van der Waals surface area contributed by atoms with E-state index in [4.69, 9.17) is 0 Å². The van der Waals surface area contributed by atoms with Gasteiger partial charge in [0.25, 0.3) is 17.1 Å². The van der Waals surface area contributed by atoms with Gasteiger partial charge in [-0.1, -0.05) is 0 Å². The molecule has 13 heteroatoms. The second-order valence-corrected chi connectivity index (χ2v) is 4.56. The molecule has 1 N–H and O–H groups in total. The van der Waals surface area contributed by atoms with E-state index in [0.717, 1.165) is 24.3 Å². The van der Waals surface area contributed by atoms with Crippen LogP contribution in [-0.4, -0.2) is 24.8 Å². The lowest BCUT2D eigenvalue weighted by molar-refractivity contribution is -0.403. The highest BCUT2D eigenvalue weighted by Gasteiger charge is 2.37. The number of nitrogens with zero attached hydrogens (tertiary/aromatic N) is 4. The van der Waals surface area contributed by atoms with Crippen LogP contribution in [0.25, 0.3) is 11.1 Å². The Balaban J connectivity index is 2.89. The molecule has 0 fully saturated rings. The maximum Gasteiger partial charge on any atom is 0.332 e. The van der Waals surface area contributed by atoms with Crippen molar-refractivity contribution in [1.82, 2.24) is 0 Å². The molecule has 0 amide bonds. The van der Waals surface area contributed by atoms with E-state index in [9.17, 15) is 45.6 Å². The summed E-state index contributed by atoms with van der Waals surface area (Å²) < 4.78 is 0. The van der Waals surface area contributed by atoms with Gasteiger partial charge < -0.3 is 5.11 Å². The van der Waals surface area contributed by atoms with Crippen molar-refractivity contribution >= 4 is 22.7 Å². The molecule has 0 atom stereocenters. The summed E-state index contributed by atoms with van der Waals surface area (Å²) in [6.07, 6.45) is 0. The van der Waals surface area contributed by atoms with E-state index in [1.807, 2.05) is 0 Å². The summed E-state index contributed by atoms with van der Waals surface area (Å²) in [6, 6.07) is 4.28. The van der Waals surface area contributed by atoms with Crippen molar-refractivity contribution in [2.75, 3.05) is 0 Å². The van der Waals surface area contributed by atoms with Gasteiger partial charge in [-0.2, -0.15) is 0 Å². The lowest BCUT2D eigenvalue weighted by atomic mass is 9.99. The Morgan fingerprint density at radius 2 is 1.24 bits per heavy atom. The summed E-state index contributed by atoms with van der Waals surface area (Å²) in [4.78, 5) is 39.7. The lowest BCUT2D eigenvalue weighted by Gasteiger charge is -2.06. The van der Waals surface area contributed by atoms with Crippen molar-refractivity contribution in [2.24, 2.45) is 0 Å². The molecule has 2 aromatic carbocycles. The number of non-ortho nitro benzene ring substituents is 1. The maximum absolute atomic E-state index is 11.2. The fourth-order valence-electron chi connectivity index (χ4n) is 2.13. The summed E-state index contributed by atoms with van der Waals surface area (Å²) >= 11 is 0. The normalized spacial score (nSPS) is 10.2. The summed E-state index contributed by atoms with van der Waals surface area (Å²) in [7, 11) is 0. The van der Waals surface area contributed by atoms with Crippen molar-refractivity contribution in [2.45, 2.75) is 0 Å². The number of hydrogen-bond donors (Lipinski definition) is 1. The van der Waals surface area contributed by atoms with Crippen molar-refractivity contribution in [3.05, 3.63) is 70.8 Å². The van der Waals surface area contributed by atoms with Crippen molar-refractivity contribution < 1.29 is 24.8 Å². The summed E-state index contributed by atoms with van der Waals surface area (Å²) in [6.45, 7) is 0. The Morgan fingerprint density at radius 1 is 0.720 bits per heavy atom. The molecule has 13 nitrogen and oxygen atoms in total. The van der Waals surface area contributed by atoms with Gasteiger partial charge in [-0.05, 0) is 17.7 Å². The molecule has 0 aromatic heterocycles. The van der Waals surface area contributed by atoms with Crippen molar-refractivity contribution in [1.29, 1.82) is 0 Å². The zero-order chi connectivity index (χ0) is 18.9. The number of phenols is 1. The third-order valence-electron chi connectivity index (χ3n) is 3.18. The van der Waals surface area contributed by atoms with E-state index >= 15 is 0 Å². The van der Waals surface area contributed by atoms with Gasteiger partial charge in [0.2, 0.25) is 0 Å². The molecule has 25 heavy (non-hydrogen) atoms. The quantitative estimate of drug-likeness (QED) is 0.623. The standard InChI is InChI=1S/C12H6N4O9/c17-12-9(15(22)23)5-8(14(20)21)10(11(12)16(24)25)6-1-3-7(4-2-6)13(18)19/h1-5,17H. The second-order valence-electron chi connectivity index (χ2n) is 4.56. The predicted octanol–water partition coefficient (Wildman–Crippen LogP) is 2.69. The van der Waals surface area contributed by atoms with Gasteiger partial charge in [0, 0.05) is 12.1 Å². The summed E-state index contributed by atoms with van der Waals surface area (Å²) in [5, 5.41) is 53.8. The number of aromatic hydroxyl groups is 1. The predicted molar refractivity (Wildman–Crippen MR) is 80.2 cm³/mol. The van der Waals surface area contributed by atoms with E-state index in [1.54, 1.807) is 0 Å². The first-order valence-electron chi connectivity index (χ1n) is 6.23. The molecule has 2 aromatic rings. The molecule has 0 unspecified atom stereocenters. The number of benzene rings is 2. The highest BCUT2D eigenvalue weighted by atomic mass is 16.6. The van der Waals surface area contributed by atoms with Crippen LogP contribution < -0.4 is 0 Å². The molecule has 0 aliphatic heterocycles. The topological polar surface area (TPSA) is 193 Å². The minimum Gasteiger partial charge on any atom is -0.497 e. The Hall–Kier alpha value is -4.16. The largest absolute Gasteiger partial charge is 0.497 e. The van der Waals surface area contributed by atoms with Crippen LogP contribution in [0.4, 0.5) is 22.7 Å². The molecule has 0 saturated carbocycles. The van der Waals surface area contributed by atoms with Gasteiger partial charge in [-0.25, -0.2) is 0 Å². The molecular formula is C12H6N4O9. The number of nitro groups is 4. The zero-order valence-electron chi connectivity index (χ0n) is 11.9. The first-order chi connectivity index (χ1) is 11.6. The SMILES string of the molecule is O=[N+]([O-])c1ccc(-c2c([N+](=O)[O-])cc([N+](=O)[O-])c(O)c2[N+](=O)[O-])cc1. The minimum absolute atomic E-state index is 0.200. The van der Waals surface area contributed by atoms with Crippen molar-refractivity contribution in [3.8, 4) is 16.9 Å². The van der Waals surface area contributed by atoms with Crippen molar-refractivity contribution in [3.63, 3.8) is 0 Å². The van der Waals surface area contributed by atoms with E-state index in [1.165, 1.54) is 0 Å². The molecule has 128 valence electrons. The van der Waals surface area contributed by atoms with E-state index in [0.29, 0.717) is 6.07 Å². The Kier molecular flexibility index (Phi) is 4.23. The van der Waals surface area contributed by atoms with Crippen LogP contribution >= 0.6 is 0 Å². The van der Waals surface area contributed by atoms with Crippen LogP contribution in [0.3, 0.4) is 0 Å². The molecule has 0 radical (unpaired) electrons. The molecular weight excluding hydrogens is 344 g/mol. The van der Waals surface area contributed by atoms with Crippen LogP contribution in [0.2, 0.25) is 0 Å². The van der Waals surface area contributed by atoms with Crippen LogP contribution in [0.5, 0.6) is 5.75 Å². The third-order valence-corrected chi connectivity index (χ3v) is 3.18. The fraction of sp³-hybridized carbons (Fsp3) is 0. The van der Waals surface area contributed by atoms with E-state index < -0.39 is 48.1 Å². The van der Waals surface area contributed by atoms with Gasteiger partial charge in [0.05, 0.1) is 25.8 Å². The van der Waals surface area contributed by atoms with E-state index in [-0.39, 0.29) is 11.3 Å². The monoisotopic (exact) mass is 350 g/mol. The first kappa shape index (κ1) is 17.2. The Morgan fingerprint density at radius 3 is 1.64 bits per heavy atom. The van der Waals surface area contributed by atoms with Gasteiger partial charge in [-0.3, -0.25) is 40.5 Å². The lowest BCUT2D eigenvalue weighted by Crippen LogP contribution is -2.01. The average Bonchev–Trinajstić information content (AvgIpc) is 2.53. The number of nitro benzene ring substituents is 4. The summed E-state index contributed by atoms with van der Waals surface area (Å²) in [5.74, 6) is -1.35. The second kappa shape index (κ2) is 6.15. The van der Waals surface area contributed by atoms with Crippen LogP contribution in [0.1, 0.15) is 0 Å². The Bertz CT molecular complexity index is 923.